The maximum Gasteiger partial charge on any atom is 0.0650 e. The van der Waals surface area contributed by atoms with Crippen molar-refractivity contribution in [1.29, 1.82) is 0 Å². The molecule has 0 fully saturated rings. The molecule has 1 aromatic heterocycles. The molecule has 11 heavy (non-hydrogen) atoms. The van der Waals surface area contributed by atoms with Crippen LogP contribution in [-0.4, -0.2) is 4.98 Å². The molecule has 1 heterocycles. The molecule has 2 heteroatoms. The van der Waals surface area contributed by atoms with E-state index >= 15 is 0 Å². The topological polar surface area (TPSA) is 38.9 Å². The first-order valence-electron chi connectivity index (χ1n) is 3.28. The second kappa shape index (κ2) is 3.01. The number of hydrogen-bond donors (Lipinski definition) is 1. The first-order chi connectivity index (χ1) is 5.25. The van der Waals surface area contributed by atoms with Crippen LogP contribution >= 0.6 is 0 Å². The second-order valence-corrected chi connectivity index (χ2v) is 2.16. The average molecular weight is 146 g/mol. The van der Waals surface area contributed by atoms with E-state index in [1.165, 1.54) is 0 Å². The quantitative estimate of drug-likeness (QED) is 0.593. The van der Waals surface area contributed by atoms with Gasteiger partial charge in [-0.1, -0.05) is 13.2 Å². The van der Waals surface area contributed by atoms with Gasteiger partial charge in [0.25, 0.3) is 0 Å². The number of nitrogens with two attached hydrogens (primary N) is 1. The molecule has 56 valence electrons. The van der Waals surface area contributed by atoms with Gasteiger partial charge in [-0.3, -0.25) is 4.98 Å². The van der Waals surface area contributed by atoms with Gasteiger partial charge in [-0.05, 0) is 18.2 Å². The molecule has 0 aliphatic heterocycles. The predicted molar refractivity (Wildman–Crippen MR) is 46.8 cm³/mol. The van der Waals surface area contributed by atoms with Crippen LogP contribution in [0.2, 0.25) is 0 Å². The Morgan fingerprint density at radius 2 is 2.36 bits per heavy atom. The van der Waals surface area contributed by atoms with E-state index < -0.39 is 0 Å². The highest BCUT2D eigenvalue weighted by Gasteiger charge is 1.85. The van der Waals surface area contributed by atoms with Gasteiger partial charge in [0.1, 0.15) is 0 Å². The van der Waals surface area contributed by atoms with E-state index in [0.717, 1.165) is 5.22 Å². The van der Waals surface area contributed by atoms with E-state index in [0.29, 0.717) is 11.0 Å². The molecule has 0 spiro atoms. The Balaban J connectivity index is 3.59. The summed E-state index contributed by atoms with van der Waals surface area (Å²) in [5.74, 6) is 0. The van der Waals surface area contributed by atoms with E-state index in [1.807, 2.05) is 12.1 Å². The SMILES string of the molecule is C=C/C(N)=c1/cccnc1=C. The molecule has 0 bridgehead atoms. The molecule has 0 aliphatic rings. The molecular formula is C9H10N2. The largest absolute Gasteiger partial charge is 0.398 e. The van der Waals surface area contributed by atoms with E-state index in [-0.39, 0.29) is 0 Å². The summed E-state index contributed by atoms with van der Waals surface area (Å²) in [6.07, 6.45) is 3.27. The van der Waals surface area contributed by atoms with E-state index in [9.17, 15) is 0 Å². The van der Waals surface area contributed by atoms with E-state index in [1.54, 1.807) is 12.3 Å². The maximum atomic E-state index is 5.61. The van der Waals surface area contributed by atoms with Gasteiger partial charge in [-0.2, -0.15) is 0 Å². The van der Waals surface area contributed by atoms with Crippen molar-refractivity contribution < 1.29 is 0 Å². The summed E-state index contributed by atoms with van der Waals surface area (Å²) in [6, 6.07) is 3.69. The summed E-state index contributed by atoms with van der Waals surface area (Å²) in [7, 11) is 0. The first-order valence-corrected chi connectivity index (χ1v) is 3.28. The molecule has 1 rings (SSSR count). The molecular weight excluding hydrogens is 136 g/mol. The minimum Gasteiger partial charge on any atom is -0.398 e. The van der Waals surface area contributed by atoms with Gasteiger partial charge in [0.15, 0.2) is 0 Å². The Morgan fingerprint density at radius 1 is 1.64 bits per heavy atom. The van der Waals surface area contributed by atoms with Crippen LogP contribution in [-0.2, 0) is 0 Å². The maximum absolute atomic E-state index is 5.61. The van der Waals surface area contributed by atoms with Gasteiger partial charge < -0.3 is 5.73 Å². The zero-order chi connectivity index (χ0) is 8.27. The Hall–Kier alpha value is -1.57. The summed E-state index contributed by atoms with van der Waals surface area (Å²) >= 11 is 0. The van der Waals surface area contributed by atoms with Crippen LogP contribution in [0.5, 0.6) is 0 Å². The molecule has 0 unspecified atom stereocenters. The van der Waals surface area contributed by atoms with Gasteiger partial charge in [-0.25, -0.2) is 0 Å². The fraction of sp³-hybridized carbons (Fsp3) is 0. The van der Waals surface area contributed by atoms with Crippen molar-refractivity contribution >= 4 is 12.3 Å². The van der Waals surface area contributed by atoms with Crippen LogP contribution in [0.25, 0.3) is 12.3 Å². The van der Waals surface area contributed by atoms with Crippen LogP contribution in [0.4, 0.5) is 0 Å². The predicted octanol–water partition coefficient (Wildman–Crippen LogP) is -0.255. The van der Waals surface area contributed by atoms with Crippen LogP contribution in [0.3, 0.4) is 0 Å². The molecule has 1 aromatic rings. The zero-order valence-corrected chi connectivity index (χ0v) is 6.25. The summed E-state index contributed by atoms with van der Waals surface area (Å²) in [6.45, 7) is 7.29. The standard InChI is InChI=1S/C9H10N2/c1-3-9(10)8-5-4-6-11-7(8)2/h3-6H,1-2,10H2/b9-8+. The minimum absolute atomic E-state index is 0.614. The lowest BCUT2D eigenvalue weighted by Crippen LogP contribution is -2.30. The number of rotatable bonds is 1. The Labute approximate surface area is 65.4 Å². The summed E-state index contributed by atoms with van der Waals surface area (Å²) in [5.41, 5.74) is 6.23. The van der Waals surface area contributed by atoms with Crippen LogP contribution in [0.1, 0.15) is 0 Å². The zero-order valence-electron chi connectivity index (χ0n) is 6.25. The Kier molecular flexibility index (Phi) is 2.06. The van der Waals surface area contributed by atoms with E-state index in [2.05, 4.69) is 18.1 Å². The molecule has 2 N–H and O–H groups in total. The summed E-state index contributed by atoms with van der Waals surface area (Å²) < 4.78 is 0. The summed E-state index contributed by atoms with van der Waals surface area (Å²) in [4.78, 5) is 3.99. The lowest BCUT2D eigenvalue weighted by molar-refractivity contribution is 1.22. The van der Waals surface area contributed by atoms with Gasteiger partial charge in [-0.15, -0.1) is 0 Å². The van der Waals surface area contributed by atoms with Crippen molar-refractivity contribution in [1.82, 2.24) is 4.98 Å². The lowest BCUT2D eigenvalue weighted by Gasteiger charge is -1.91. The average Bonchev–Trinajstić information content (AvgIpc) is 2.04. The third kappa shape index (κ3) is 1.46. The van der Waals surface area contributed by atoms with Crippen molar-refractivity contribution in [2.45, 2.75) is 0 Å². The Morgan fingerprint density at radius 3 is 2.91 bits per heavy atom. The normalized spacial score (nSPS) is 12.4. The van der Waals surface area contributed by atoms with Crippen molar-refractivity contribution in [3.63, 3.8) is 0 Å². The molecule has 0 saturated heterocycles. The molecule has 0 atom stereocenters. The van der Waals surface area contributed by atoms with Gasteiger partial charge in [0.05, 0.1) is 5.35 Å². The molecule has 0 radical (unpaired) electrons. The third-order valence-corrected chi connectivity index (χ3v) is 1.42. The van der Waals surface area contributed by atoms with Crippen LogP contribution in [0.15, 0.2) is 31.0 Å². The molecule has 0 amide bonds. The van der Waals surface area contributed by atoms with E-state index in [4.69, 9.17) is 5.73 Å². The van der Waals surface area contributed by atoms with Crippen LogP contribution in [0, 0.1) is 0 Å². The van der Waals surface area contributed by atoms with Gasteiger partial charge >= 0.3 is 0 Å². The number of nitrogens with zero attached hydrogens (tertiary/aromatic N) is 1. The van der Waals surface area contributed by atoms with Crippen LogP contribution < -0.4 is 16.3 Å². The van der Waals surface area contributed by atoms with Crippen molar-refractivity contribution in [2.75, 3.05) is 0 Å². The molecule has 0 aliphatic carbocycles. The second-order valence-electron chi connectivity index (χ2n) is 2.16. The molecule has 0 saturated carbocycles. The smallest absolute Gasteiger partial charge is 0.0650 e. The highest BCUT2D eigenvalue weighted by molar-refractivity contribution is 5.51. The fourth-order valence-corrected chi connectivity index (χ4v) is 0.811. The minimum atomic E-state index is 0.614. The lowest BCUT2D eigenvalue weighted by atomic mass is 10.3. The van der Waals surface area contributed by atoms with Crippen molar-refractivity contribution in [3.05, 3.63) is 41.6 Å². The highest BCUT2D eigenvalue weighted by atomic mass is 14.6. The highest BCUT2D eigenvalue weighted by Crippen LogP contribution is 1.76. The fourth-order valence-electron chi connectivity index (χ4n) is 0.811. The van der Waals surface area contributed by atoms with Gasteiger partial charge in [0, 0.05) is 17.1 Å². The first kappa shape index (κ1) is 7.54. The number of hydrogen-bond acceptors (Lipinski definition) is 2. The number of pyridine rings is 1. The summed E-state index contributed by atoms with van der Waals surface area (Å²) in [5, 5.41) is 1.53. The van der Waals surface area contributed by atoms with Crippen molar-refractivity contribution in [3.8, 4) is 0 Å². The Bertz CT molecular complexity index is 365. The molecule has 2 nitrogen and oxygen atoms in total. The monoisotopic (exact) mass is 146 g/mol. The number of aromatic nitrogens is 1. The molecule has 0 aromatic carbocycles. The van der Waals surface area contributed by atoms with Crippen molar-refractivity contribution in [2.24, 2.45) is 5.73 Å². The third-order valence-electron chi connectivity index (χ3n) is 1.42. The van der Waals surface area contributed by atoms with Gasteiger partial charge in [0.2, 0.25) is 0 Å².